The maximum Gasteiger partial charge on any atom is 0.407 e. The van der Waals surface area contributed by atoms with Crippen LogP contribution in [0.5, 0.6) is 0 Å². The normalized spacial score (nSPS) is 12.6. The summed E-state index contributed by atoms with van der Waals surface area (Å²) in [5.74, 6) is -0.449. The van der Waals surface area contributed by atoms with Gasteiger partial charge in [0.1, 0.15) is 5.60 Å². The van der Waals surface area contributed by atoms with Crippen LogP contribution in [-0.2, 0) is 9.53 Å². The summed E-state index contributed by atoms with van der Waals surface area (Å²) in [5.41, 5.74) is 4.56. The van der Waals surface area contributed by atoms with Gasteiger partial charge in [0, 0.05) is 12.5 Å². The molecule has 1 unspecified atom stereocenters. The van der Waals surface area contributed by atoms with E-state index in [1.165, 1.54) is 0 Å². The topological polar surface area (TPSA) is 81.4 Å². The highest BCUT2D eigenvalue weighted by Gasteiger charge is 2.20. The Labute approximate surface area is 102 Å². The average molecular weight is 242 g/mol. The molecule has 5 heteroatoms. The molecule has 0 fully saturated rings. The number of nitrogens with two attached hydrogens (primary N) is 1. The van der Waals surface area contributed by atoms with Gasteiger partial charge in [-0.1, -0.05) is 6.08 Å². The summed E-state index contributed by atoms with van der Waals surface area (Å²) in [6, 6.07) is -0.305. The van der Waals surface area contributed by atoms with Crippen molar-refractivity contribution in [3.63, 3.8) is 0 Å². The second kappa shape index (κ2) is 6.93. The Kier molecular flexibility index (Phi) is 6.31. The van der Waals surface area contributed by atoms with E-state index < -0.39 is 17.6 Å². The predicted octanol–water partition coefficient (Wildman–Crippen LogP) is 1.72. The van der Waals surface area contributed by atoms with Crippen LogP contribution in [0, 0.1) is 0 Å². The SMILES string of the molecule is C=CCCC(CC(N)=O)NC(=O)OC(C)(C)C. The number of allylic oxidation sites excluding steroid dienone is 1. The minimum absolute atomic E-state index is 0.104. The average Bonchev–Trinajstić information content (AvgIpc) is 2.09. The smallest absolute Gasteiger partial charge is 0.407 e. The number of carbonyl (C=O) groups excluding carboxylic acids is 2. The lowest BCUT2D eigenvalue weighted by atomic mass is 10.1. The summed E-state index contributed by atoms with van der Waals surface area (Å²) in [4.78, 5) is 22.3. The molecule has 0 aromatic carbocycles. The lowest BCUT2D eigenvalue weighted by Crippen LogP contribution is -2.41. The van der Waals surface area contributed by atoms with Gasteiger partial charge in [0.05, 0.1) is 0 Å². The van der Waals surface area contributed by atoms with Crippen molar-refractivity contribution in [2.75, 3.05) is 0 Å². The van der Waals surface area contributed by atoms with Crippen LogP contribution < -0.4 is 11.1 Å². The van der Waals surface area contributed by atoms with E-state index >= 15 is 0 Å². The zero-order chi connectivity index (χ0) is 13.5. The molecule has 5 nitrogen and oxygen atoms in total. The summed E-state index contributed by atoms with van der Waals surface area (Å²) < 4.78 is 5.10. The summed E-state index contributed by atoms with van der Waals surface area (Å²) in [6.07, 6.45) is 2.62. The van der Waals surface area contributed by atoms with Gasteiger partial charge >= 0.3 is 6.09 Å². The van der Waals surface area contributed by atoms with Crippen molar-refractivity contribution in [1.82, 2.24) is 5.32 Å². The Morgan fingerprint density at radius 3 is 2.47 bits per heavy atom. The molecule has 0 radical (unpaired) electrons. The second-order valence-electron chi connectivity index (χ2n) is 4.88. The van der Waals surface area contributed by atoms with Crippen LogP contribution in [0.25, 0.3) is 0 Å². The van der Waals surface area contributed by atoms with E-state index in [0.29, 0.717) is 12.8 Å². The Bertz CT molecular complexity index is 282. The van der Waals surface area contributed by atoms with E-state index in [1.807, 2.05) is 0 Å². The number of nitrogens with one attached hydrogen (secondary N) is 1. The molecule has 0 aliphatic rings. The molecule has 98 valence electrons. The first-order valence-corrected chi connectivity index (χ1v) is 5.63. The number of hydrogen-bond acceptors (Lipinski definition) is 3. The molecule has 0 saturated carbocycles. The lowest BCUT2D eigenvalue weighted by Gasteiger charge is -2.22. The van der Waals surface area contributed by atoms with Crippen molar-refractivity contribution in [1.29, 1.82) is 0 Å². The molecule has 0 rings (SSSR count). The summed E-state index contributed by atoms with van der Waals surface area (Å²) in [7, 11) is 0. The van der Waals surface area contributed by atoms with Gasteiger partial charge in [-0.05, 0) is 33.6 Å². The van der Waals surface area contributed by atoms with Gasteiger partial charge in [0.25, 0.3) is 0 Å². The molecule has 2 amide bonds. The monoisotopic (exact) mass is 242 g/mol. The molecule has 3 N–H and O–H groups in total. The lowest BCUT2D eigenvalue weighted by molar-refractivity contribution is -0.118. The number of ether oxygens (including phenoxy) is 1. The van der Waals surface area contributed by atoms with E-state index in [2.05, 4.69) is 11.9 Å². The molecule has 1 atom stereocenters. The number of carbonyl (C=O) groups is 2. The van der Waals surface area contributed by atoms with Crippen LogP contribution >= 0.6 is 0 Å². The molecule has 0 spiro atoms. The Balaban J connectivity index is 4.26. The van der Waals surface area contributed by atoms with Crippen molar-refractivity contribution in [3.8, 4) is 0 Å². The quantitative estimate of drug-likeness (QED) is 0.696. The van der Waals surface area contributed by atoms with Gasteiger partial charge < -0.3 is 15.8 Å². The van der Waals surface area contributed by atoms with Crippen molar-refractivity contribution in [3.05, 3.63) is 12.7 Å². The minimum Gasteiger partial charge on any atom is -0.444 e. The van der Waals surface area contributed by atoms with Crippen LogP contribution in [0.4, 0.5) is 4.79 Å². The second-order valence-corrected chi connectivity index (χ2v) is 4.88. The standard InChI is InChI=1S/C12H22N2O3/c1-5-6-7-9(8-10(13)15)14-11(16)17-12(2,3)4/h5,9H,1,6-8H2,2-4H3,(H2,13,15)(H,14,16). The van der Waals surface area contributed by atoms with Crippen molar-refractivity contribution in [2.45, 2.75) is 51.7 Å². The fourth-order valence-electron chi connectivity index (χ4n) is 1.26. The predicted molar refractivity (Wildman–Crippen MR) is 66.4 cm³/mol. The van der Waals surface area contributed by atoms with E-state index in [-0.39, 0.29) is 12.5 Å². The molecule has 0 saturated heterocycles. The fraction of sp³-hybridized carbons (Fsp3) is 0.667. The molecular weight excluding hydrogens is 220 g/mol. The van der Waals surface area contributed by atoms with Gasteiger partial charge in [0.15, 0.2) is 0 Å². The van der Waals surface area contributed by atoms with Crippen LogP contribution in [0.2, 0.25) is 0 Å². The maximum atomic E-state index is 11.5. The van der Waals surface area contributed by atoms with Crippen LogP contribution in [-0.4, -0.2) is 23.6 Å². The van der Waals surface area contributed by atoms with Crippen LogP contribution in [0.1, 0.15) is 40.0 Å². The van der Waals surface area contributed by atoms with Crippen LogP contribution in [0.15, 0.2) is 12.7 Å². The first kappa shape index (κ1) is 15.5. The number of amides is 2. The van der Waals surface area contributed by atoms with E-state index in [4.69, 9.17) is 10.5 Å². The molecule has 0 aromatic rings. The summed E-state index contributed by atoms with van der Waals surface area (Å²) >= 11 is 0. The largest absolute Gasteiger partial charge is 0.444 e. The fourth-order valence-corrected chi connectivity index (χ4v) is 1.26. The van der Waals surface area contributed by atoms with Crippen molar-refractivity contribution >= 4 is 12.0 Å². The van der Waals surface area contributed by atoms with Gasteiger partial charge in [-0.2, -0.15) is 0 Å². The van der Waals surface area contributed by atoms with E-state index in [9.17, 15) is 9.59 Å². The number of primary amides is 1. The summed E-state index contributed by atoms with van der Waals surface area (Å²) in [6.45, 7) is 8.92. The third kappa shape index (κ3) is 9.41. The number of hydrogen-bond donors (Lipinski definition) is 2. The zero-order valence-electron chi connectivity index (χ0n) is 10.8. The molecule has 0 aliphatic heterocycles. The highest BCUT2D eigenvalue weighted by molar-refractivity contribution is 5.75. The third-order valence-corrected chi connectivity index (χ3v) is 1.89. The maximum absolute atomic E-state index is 11.5. The van der Waals surface area contributed by atoms with E-state index in [1.54, 1.807) is 26.8 Å². The molecule has 0 aliphatic carbocycles. The van der Waals surface area contributed by atoms with Crippen LogP contribution in [0.3, 0.4) is 0 Å². The van der Waals surface area contributed by atoms with Gasteiger partial charge in [-0.3, -0.25) is 4.79 Å². The molecule has 0 aromatic heterocycles. The summed E-state index contributed by atoms with van der Waals surface area (Å²) in [5, 5.41) is 2.63. The zero-order valence-corrected chi connectivity index (χ0v) is 10.8. The highest BCUT2D eigenvalue weighted by atomic mass is 16.6. The first-order valence-electron chi connectivity index (χ1n) is 5.63. The Morgan fingerprint density at radius 2 is 2.06 bits per heavy atom. The molecule has 17 heavy (non-hydrogen) atoms. The third-order valence-electron chi connectivity index (χ3n) is 1.89. The number of alkyl carbamates (subject to hydrolysis) is 1. The van der Waals surface area contributed by atoms with Gasteiger partial charge in [-0.15, -0.1) is 6.58 Å². The van der Waals surface area contributed by atoms with Gasteiger partial charge in [0.2, 0.25) is 5.91 Å². The minimum atomic E-state index is -0.556. The molecule has 0 bridgehead atoms. The Hall–Kier alpha value is -1.52. The van der Waals surface area contributed by atoms with E-state index in [0.717, 1.165) is 0 Å². The first-order chi connectivity index (χ1) is 7.74. The van der Waals surface area contributed by atoms with Gasteiger partial charge in [-0.25, -0.2) is 4.79 Å². The Morgan fingerprint density at radius 1 is 1.47 bits per heavy atom. The molecular formula is C12H22N2O3. The van der Waals surface area contributed by atoms with Crippen molar-refractivity contribution < 1.29 is 14.3 Å². The number of rotatable bonds is 6. The van der Waals surface area contributed by atoms with Crippen molar-refractivity contribution in [2.24, 2.45) is 5.73 Å². The highest BCUT2D eigenvalue weighted by Crippen LogP contribution is 2.08. The molecule has 0 heterocycles.